The summed E-state index contributed by atoms with van der Waals surface area (Å²) < 4.78 is 10.8. The molecule has 0 radical (unpaired) electrons. The highest BCUT2D eigenvalue weighted by Gasteiger charge is 2.29. The number of nitrogens with zero attached hydrogens (tertiary/aromatic N) is 2. The number of hydrogen-bond donors (Lipinski definition) is 0. The van der Waals surface area contributed by atoms with E-state index in [1.165, 1.54) is 0 Å². The maximum atomic E-state index is 12.9. The van der Waals surface area contributed by atoms with Gasteiger partial charge in [-0.1, -0.05) is 42.4 Å². The number of amides is 1. The number of likely N-dealkylation sites (N-methyl/N-ethyl adjacent to an activating group) is 1. The van der Waals surface area contributed by atoms with Gasteiger partial charge in [-0.2, -0.15) is 0 Å². The van der Waals surface area contributed by atoms with Crippen molar-refractivity contribution < 1.29 is 19.1 Å². The molecular weight excluding hydrogens is 356 g/mol. The van der Waals surface area contributed by atoms with Gasteiger partial charge >= 0.3 is 0 Å². The minimum atomic E-state index is -0.150. The highest BCUT2D eigenvalue weighted by molar-refractivity contribution is 6.01. The van der Waals surface area contributed by atoms with Crippen LogP contribution in [0.1, 0.15) is 36.8 Å². The topological polar surface area (TPSA) is 60.4 Å². The quantitative estimate of drug-likeness (QED) is 0.769. The van der Waals surface area contributed by atoms with Crippen molar-refractivity contribution in [3.05, 3.63) is 59.7 Å². The van der Waals surface area contributed by atoms with Gasteiger partial charge in [-0.3, -0.25) is 4.79 Å². The van der Waals surface area contributed by atoms with Crippen LogP contribution in [0.25, 0.3) is 0 Å². The molecule has 0 aliphatic carbocycles. The summed E-state index contributed by atoms with van der Waals surface area (Å²) in [6.07, 6.45) is 1.26. The van der Waals surface area contributed by atoms with Crippen LogP contribution in [0.2, 0.25) is 0 Å². The zero-order valence-electron chi connectivity index (χ0n) is 16.1. The van der Waals surface area contributed by atoms with Crippen LogP contribution in [0.4, 0.5) is 0 Å². The molecule has 2 aromatic carbocycles. The molecule has 2 aromatic rings. The molecule has 1 amide bonds. The van der Waals surface area contributed by atoms with Crippen LogP contribution in [0.15, 0.2) is 53.7 Å². The van der Waals surface area contributed by atoms with Crippen LogP contribution < -0.4 is 9.47 Å². The first-order valence-electron chi connectivity index (χ1n) is 9.58. The van der Waals surface area contributed by atoms with Crippen LogP contribution in [0.5, 0.6) is 11.5 Å². The van der Waals surface area contributed by atoms with E-state index < -0.39 is 0 Å². The first-order valence-corrected chi connectivity index (χ1v) is 9.58. The van der Waals surface area contributed by atoms with Gasteiger partial charge in [-0.25, -0.2) is 0 Å². The fourth-order valence-corrected chi connectivity index (χ4v) is 3.67. The molecule has 2 unspecified atom stereocenters. The van der Waals surface area contributed by atoms with Crippen LogP contribution in [0, 0.1) is 0 Å². The summed E-state index contributed by atoms with van der Waals surface area (Å²) in [4.78, 5) is 20.3. The van der Waals surface area contributed by atoms with Gasteiger partial charge in [0, 0.05) is 19.0 Å². The van der Waals surface area contributed by atoms with Gasteiger partial charge in [-0.05, 0) is 30.2 Å². The summed E-state index contributed by atoms with van der Waals surface area (Å²) in [5.41, 5.74) is 2.86. The van der Waals surface area contributed by atoms with Crippen molar-refractivity contribution in [2.75, 3.05) is 20.4 Å². The fraction of sp³-hybridized carbons (Fsp3) is 0.364. The molecule has 0 saturated heterocycles. The van der Waals surface area contributed by atoms with Crippen molar-refractivity contribution in [3.63, 3.8) is 0 Å². The molecule has 146 valence electrons. The van der Waals surface area contributed by atoms with Gasteiger partial charge in [0.15, 0.2) is 17.6 Å². The van der Waals surface area contributed by atoms with Gasteiger partial charge < -0.3 is 19.2 Å². The van der Waals surface area contributed by atoms with Crippen LogP contribution >= 0.6 is 0 Å². The lowest BCUT2D eigenvalue weighted by Gasteiger charge is -2.25. The van der Waals surface area contributed by atoms with Crippen molar-refractivity contribution in [3.8, 4) is 11.5 Å². The Morgan fingerprint density at radius 1 is 1.18 bits per heavy atom. The van der Waals surface area contributed by atoms with Crippen molar-refractivity contribution in [1.82, 2.24) is 4.90 Å². The second-order valence-corrected chi connectivity index (χ2v) is 7.13. The number of benzene rings is 2. The predicted octanol–water partition coefficient (Wildman–Crippen LogP) is 3.56. The average molecular weight is 380 g/mol. The third-order valence-corrected chi connectivity index (χ3v) is 5.20. The molecule has 0 spiro atoms. The first kappa shape index (κ1) is 18.3. The van der Waals surface area contributed by atoms with Gasteiger partial charge in [0.05, 0.1) is 18.2 Å². The normalized spacial score (nSPS) is 18.4. The fourth-order valence-electron chi connectivity index (χ4n) is 3.67. The number of oxime groups is 1. The molecule has 0 N–H and O–H groups in total. The van der Waals surface area contributed by atoms with Gasteiger partial charge in [0.2, 0.25) is 12.7 Å². The van der Waals surface area contributed by atoms with E-state index in [4.69, 9.17) is 14.3 Å². The summed E-state index contributed by atoms with van der Waals surface area (Å²) in [5.74, 6) is 1.44. The molecular formula is C22H24N2O4. The second kappa shape index (κ2) is 7.92. The summed E-state index contributed by atoms with van der Waals surface area (Å²) in [6.45, 7) is 2.79. The number of carbonyl (C=O) groups is 1. The summed E-state index contributed by atoms with van der Waals surface area (Å²) in [5, 5.41) is 4.23. The zero-order valence-corrected chi connectivity index (χ0v) is 16.1. The molecule has 0 fully saturated rings. The van der Waals surface area contributed by atoms with Crippen LogP contribution in [0.3, 0.4) is 0 Å². The average Bonchev–Trinajstić information content (AvgIpc) is 3.38. The van der Waals surface area contributed by atoms with E-state index in [9.17, 15) is 4.79 Å². The van der Waals surface area contributed by atoms with E-state index in [1.54, 1.807) is 4.90 Å². The van der Waals surface area contributed by atoms with E-state index in [-0.39, 0.29) is 24.7 Å². The van der Waals surface area contributed by atoms with Crippen molar-refractivity contribution in [2.45, 2.75) is 31.8 Å². The van der Waals surface area contributed by atoms with E-state index in [2.05, 4.69) is 5.16 Å². The SMILES string of the molecule is CCC(C(=O)N(C)CC1CC(c2ccc3c(c2)OCO3)=NO1)c1ccccc1. The standard InChI is InChI=1S/C22H24N2O4/c1-3-18(15-7-5-4-6-8-15)22(25)24(2)13-17-12-19(23-28-17)16-9-10-20-21(11-16)27-14-26-20/h4-11,17-18H,3,12-14H2,1-2H3. The van der Waals surface area contributed by atoms with Crippen LogP contribution in [-0.4, -0.2) is 43.0 Å². The Labute approximate surface area is 164 Å². The Hall–Kier alpha value is -3.02. The summed E-state index contributed by atoms with van der Waals surface area (Å²) in [6, 6.07) is 15.7. The largest absolute Gasteiger partial charge is 0.454 e. The van der Waals surface area contributed by atoms with Crippen LogP contribution in [-0.2, 0) is 9.63 Å². The molecule has 6 nitrogen and oxygen atoms in total. The Balaban J connectivity index is 1.37. The van der Waals surface area contributed by atoms with E-state index in [0.29, 0.717) is 13.0 Å². The number of carbonyl (C=O) groups excluding carboxylic acids is 1. The molecule has 0 saturated carbocycles. The smallest absolute Gasteiger partial charge is 0.231 e. The highest BCUT2D eigenvalue weighted by atomic mass is 16.7. The molecule has 2 aliphatic heterocycles. The molecule has 2 heterocycles. The van der Waals surface area contributed by atoms with E-state index in [1.807, 2.05) is 62.5 Å². The predicted molar refractivity (Wildman–Crippen MR) is 106 cm³/mol. The molecule has 0 aromatic heterocycles. The number of fused-ring (bicyclic) bond motifs is 1. The minimum Gasteiger partial charge on any atom is -0.454 e. The molecule has 0 bridgehead atoms. The maximum Gasteiger partial charge on any atom is 0.231 e. The van der Waals surface area contributed by atoms with Gasteiger partial charge in [0.1, 0.15) is 0 Å². The van der Waals surface area contributed by atoms with Crippen molar-refractivity contribution >= 4 is 11.6 Å². The van der Waals surface area contributed by atoms with Gasteiger partial charge in [0.25, 0.3) is 0 Å². The number of hydrogen-bond acceptors (Lipinski definition) is 5. The Kier molecular flexibility index (Phi) is 5.19. The summed E-state index contributed by atoms with van der Waals surface area (Å²) in [7, 11) is 1.83. The van der Waals surface area contributed by atoms with Crippen molar-refractivity contribution in [2.24, 2.45) is 5.16 Å². The third-order valence-electron chi connectivity index (χ3n) is 5.20. The minimum absolute atomic E-state index is 0.105. The van der Waals surface area contributed by atoms with Gasteiger partial charge in [-0.15, -0.1) is 0 Å². The lowest BCUT2D eigenvalue weighted by molar-refractivity contribution is -0.133. The van der Waals surface area contributed by atoms with E-state index in [0.717, 1.165) is 34.8 Å². The molecule has 2 atom stereocenters. The lowest BCUT2D eigenvalue weighted by Crippen LogP contribution is -2.37. The number of ether oxygens (including phenoxy) is 2. The Bertz CT molecular complexity index is 881. The van der Waals surface area contributed by atoms with E-state index >= 15 is 0 Å². The first-order chi connectivity index (χ1) is 13.7. The maximum absolute atomic E-state index is 12.9. The van der Waals surface area contributed by atoms with Crippen molar-refractivity contribution in [1.29, 1.82) is 0 Å². The Morgan fingerprint density at radius 2 is 1.96 bits per heavy atom. The molecule has 2 aliphatic rings. The Morgan fingerprint density at radius 3 is 2.75 bits per heavy atom. The lowest BCUT2D eigenvalue weighted by atomic mass is 9.95. The third kappa shape index (κ3) is 3.67. The highest BCUT2D eigenvalue weighted by Crippen LogP contribution is 2.33. The monoisotopic (exact) mass is 380 g/mol. The molecule has 4 rings (SSSR count). The molecule has 28 heavy (non-hydrogen) atoms. The summed E-state index contributed by atoms with van der Waals surface area (Å²) >= 11 is 0. The number of rotatable bonds is 6. The second-order valence-electron chi connectivity index (χ2n) is 7.13. The zero-order chi connectivity index (χ0) is 19.5. The molecule has 6 heteroatoms.